The van der Waals surface area contributed by atoms with E-state index in [1.807, 2.05) is 24.3 Å². The average molecular weight is 407 g/mol. The highest BCUT2D eigenvalue weighted by atomic mass is 79.9. The molecule has 1 aromatic rings. The highest BCUT2D eigenvalue weighted by Gasteiger charge is 2.34. The number of ether oxygens (including phenoxy) is 1. The Bertz CT molecular complexity index is 708. The number of carbonyl (C=O) groups excluding carboxylic acids is 2. The number of rotatable bonds is 3. The van der Waals surface area contributed by atoms with Gasteiger partial charge in [-0.15, -0.1) is 0 Å². The lowest BCUT2D eigenvalue weighted by Crippen LogP contribution is -2.45. The maximum absolute atomic E-state index is 12.9. The van der Waals surface area contributed by atoms with E-state index < -0.39 is 6.04 Å². The van der Waals surface area contributed by atoms with Gasteiger partial charge in [0.05, 0.1) is 11.6 Å². The topological polar surface area (TPSA) is 67.4 Å². The van der Waals surface area contributed by atoms with E-state index in [-0.39, 0.29) is 18.1 Å². The Morgan fingerprint density at radius 2 is 1.88 bits per heavy atom. The number of hydrogen-bond donors (Lipinski definition) is 2. The molecule has 2 N–H and O–H groups in total. The van der Waals surface area contributed by atoms with Crippen LogP contribution in [0.4, 0.5) is 4.79 Å². The molecule has 0 aromatic heterocycles. The molecule has 0 bridgehead atoms. The van der Waals surface area contributed by atoms with Crippen molar-refractivity contribution in [3.05, 3.63) is 45.6 Å². The maximum Gasteiger partial charge on any atom is 0.338 e. The van der Waals surface area contributed by atoms with Crippen LogP contribution in [0, 0.1) is 5.92 Å². The molecule has 1 saturated carbocycles. The summed E-state index contributed by atoms with van der Waals surface area (Å²) < 4.78 is 6.61. The zero-order valence-corrected chi connectivity index (χ0v) is 16.1. The Morgan fingerprint density at radius 3 is 2.56 bits per heavy atom. The van der Waals surface area contributed by atoms with E-state index in [0.717, 1.165) is 35.7 Å². The Labute approximate surface area is 156 Å². The van der Waals surface area contributed by atoms with Gasteiger partial charge in [0.25, 0.3) is 0 Å². The molecule has 2 amide bonds. The fraction of sp³-hybridized carbons (Fsp3) is 0.474. The lowest BCUT2D eigenvalue weighted by molar-refractivity contribution is -0.146. The largest absolute Gasteiger partial charge is 0.459 e. The van der Waals surface area contributed by atoms with Crippen LogP contribution in [-0.4, -0.2) is 18.1 Å². The Balaban J connectivity index is 1.85. The number of benzene rings is 1. The molecule has 25 heavy (non-hydrogen) atoms. The normalized spacial score (nSPS) is 26.7. The van der Waals surface area contributed by atoms with Gasteiger partial charge in [-0.3, -0.25) is 0 Å². The Morgan fingerprint density at radius 1 is 1.20 bits per heavy atom. The molecule has 1 aromatic carbocycles. The van der Waals surface area contributed by atoms with Crippen LogP contribution in [0.3, 0.4) is 0 Å². The van der Waals surface area contributed by atoms with Gasteiger partial charge in [-0.2, -0.15) is 0 Å². The molecule has 134 valence electrons. The zero-order chi connectivity index (χ0) is 18.0. The van der Waals surface area contributed by atoms with Crippen molar-refractivity contribution in [1.29, 1.82) is 0 Å². The monoisotopic (exact) mass is 406 g/mol. The van der Waals surface area contributed by atoms with Gasteiger partial charge >= 0.3 is 12.0 Å². The van der Waals surface area contributed by atoms with E-state index in [2.05, 4.69) is 33.5 Å². The molecule has 2 aliphatic rings. The summed E-state index contributed by atoms with van der Waals surface area (Å²) in [5.41, 5.74) is 1.84. The summed E-state index contributed by atoms with van der Waals surface area (Å²) in [4.78, 5) is 24.8. The number of allylic oxidation sites excluding steroid dienone is 1. The number of halogens is 1. The predicted octanol–water partition coefficient (Wildman–Crippen LogP) is 4.20. The lowest BCUT2D eigenvalue weighted by Gasteiger charge is -2.31. The van der Waals surface area contributed by atoms with Crippen LogP contribution < -0.4 is 10.6 Å². The Kier molecular flexibility index (Phi) is 5.47. The molecule has 0 radical (unpaired) electrons. The molecule has 1 aliphatic carbocycles. The predicted molar refractivity (Wildman–Crippen MR) is 98.8 cm³/mol. The second-order valence-corrected chi connectivity index (χ2v) is 7.73. The van der Waals surface area contributed by atoms with Crippen molar-refractivity contribution in [3.8, 4) is 0 Å². The SMILES string of the molecule is CC1=C(C(=O)OC2CCC(C)CC2)[C@@H](c2ccccc2Br)NC(=O)N1. The Hall–Kier alpha value is -1.82. The number of hydrogen-bond acceptors (Lipinski definition) is 3. The zero-order valence-electron chi connectivity index (χ0n) is 14.5. The third-order valence-corrected chi connectivity index (χ3v) is 5.66. The van der Waals surface area contributed by atoms with Crippen molar-refractivity contribution in [2.75, 3.05) is 0 Å². The molecule has 1 fully saturated rings. The van der Waals surface area contributed by atoms with Crippen molar-refractivity contribution >= 4 is 27.9 Å². The maximum atomic E-state index is 12.9. The first-order valence-corrected chi connectivity index (χ1v) is 9.48. The van der Waals surface area contributed by atoms with Crippen molar-refractivity contribution in [1.82, 2.24) is 10.6 Å². The van der Waals surface area contributed by atoms with E-state index in [4.69, 9.17) is 4.74 Å². The van der Waals surface area contributed by atoms with Crippen molar-refractivity contribution in [3.63, 3.8) is 0 Å². The molecule has 0 unspecified atom stereocenters. The molecule has 1 heterocycles. The summed E-state index contributed by atoms with van der Waals surface area (Å²) in [6, 6.07) is 6.72. The van der Waals surface area contributed by atoms with Gasteiger partial charge in [0.1, 0.15) is 6.10 Å². The fourth-order valence-corrected chi connectivity index (χ4v) is 3.98. The van der Waals surface area contributed by atoms with Gasteiger partial charge in [-0.1, -0.05) is 41.1 Å². The third-order valence-electron chi connectivity index (χ3n) is 4.94. The van der Waals surface area contributed by atoms with E-state index in [1.165, 1.54) is 0 Å². The minimum absolute atomic E-state index is 0.0403. The quantitative estimate of drug-likeness (QED) is 0.739. The summed E-state index contributed by atoms with van der Waals surface area (Å²) >= 11 is 3.51. The van der Waals surface area contributed by atoms with Crippen molar-refractivity contribution in [2.45, 2.75) is 51.7 Å². The van der Waals surface area contributed by atoms with E-state index >= 15 is 0 Å². The summed E-state index contributed by atoms with van der Waals surface area (Å²) in [5.74, 6) is 0.338. The first kappa shape index (κ1) is 18.0. The average Bonchev–Trinajstić information content (AvgIpc) is 2.56. The molecule has 6 heteroatoms. The second-order valence-electron chi connectivity index (χ2n) is 6.88. The lowest BCUT2D eigenvalue weighted by atomic mass is 9.89. The van der Waals surface area contributed by atoms with Crippen LogP contribution >= 0.6 is 15.9 Å². The standard InChI is InChI=1S/C19H23BrN2O3/c1-11-7-9-13(10-8-11)25-18(23)16-12(2)21-19(24)22-17(16)14-5-3-4-6-15(14)20/h3-6,11,13,17H,7-10H2,1-2H3,(H2,21,22,24)/t11?,13?,17-/m1/s1. The van der Waals surface area contributed by atoms with Crippen molar-refractivity contribution in [2.24, 2.45) is 5.92 Å². The highest BCUT2D eigenvalue weighted by Crippen LogP contribution is 2.33. The van der Waals surface area contributed by atoms with Gasteiger partial charge in [0.15, 0.2) is 0 Å². The van der Waals surface area contributed by atoms with Crippen LogP contribution in [0.1, 0.15) is 51.1 Å². The summed E-state index contributed by atoms with van der Waals surface area (Å²) in [6.45, 7) is 3.97. The first-order valence-electron chi connectivity index (χ1n) is 8.69. The molecule has 3 rings (SSSR count). The molecule has 0 saturated heterocycles. The molecular formula is C19H23BrN2O3. The number of amides is 2. The molecule has 1 aliphatic heterocycles. The van der Waals surface area contributed by atoms with Gasteiger partial charge in [0.2, 0.25) is 0 Å². The minimum Gasteiger partial charge on any atom is -0.459 e. The van der Waals surface area contributed by atoms with E-state index in [0.29, 0.717) is 17.2 Å². The molecule has 0 spiro atoms. The fourth-order valence-electron chi connectivity index (χ4n) is 3.47. The van der Waals surface area contributed by atoms with Gasteiger partial charge < -0.3 is 15.4 Å². The molecule has 1 atom stereocenters. The van der Waals surface area contributed by atoms with Crippen LogP contribution in [0.25, 0.3) is 0 Å². The summed E-state index contributed by atoms with van der Waals surface area (Å²) in [5, 5.41) is 5.53. The van der Waals surface area contributed by atoms with E-state index in [9.17, 15) is 9.59 Å². The number of nitrogens with one attached hydrogen (secondary N) is 2. The van der Waals surface area contributed by atoms with Crippen LogP contribution in [0.5, 0.6) is 0 Å². The summed E-state index contributed by atoms with van der Waals surface area (Å²) in [7, 11) is 0. The van der Waals surface area contributed by atoms with Crippen LogP contribution in [0.15, 0.2) is 40.0 Å². The van der Waals surface area contributed by atoms with Crippen LogP contribution in [0.2, 0.25) is 0 Å². The minimum atomic E-state index is -0.528. The number of urea groups is 1. The van der Waals surface area contributed by atoms with Crippen LogP contribution in [-0.2, 0) is 9.53 Å². The second kappa shape index (κ2) is 7.60. The smallest absolute Gasteiger partial charge is 0.338 e. The van der Waals surface area contributed by atoms with Gasteiger partial charge in [-0.25, -0.2) is 9.59 Å². The highest BCUT2D eigenvalue weighted by molar-refractivity contribution is 9.10. The summed E-state index contributed by atoms with van der Waals surface area (Å²) in [6.07, 6.45) is 3.93. The first-order chi connectivity index (χ1) is 12.0. The van der Waals surface area contributed by atoms with Crippen molar-refractivity contribution < 1.29 is 14.3 Å². The molecule has 5 nitrogen and oxygen atoms in total. The molecular weight excluding hydrogens is 384 g/mol. The third kappa shape index (κ3) is 4.06. The van der Waals surface area contributed by atoms with Gasteiger partial charge in [0, 0.05) is 10.2 Å². The number of esters is 1. The van der Waals surface area contributed by atoms with Gasteiger partial charge in [-0.05, 0) is 50.2 Å². The van der Waals surface area contributed by atoms with E-state index in [1.54, 1.807) is 6.92 Å². The number of carbonyl (C=O) groups is 2.